The van der Waals surface area contributed by atoms with E-state index in [1.165, 1.54) is 10.4 Å². The molecule has 5 nitrogen and oxygen atoms in total. The van der Waals surface area contributed by atoms with E-state index in [9.17, 15) is 0 Å². The first-order valence-electron chi connectivity index (χ1n) is 8.39. The molecule has 128 valence electrons. The lowest BCUT2D eigenvalue weighted by Gasteiger charge is -2.36. The summed E-state index contributed by atoms with van der Waals surface area (Å²) in [7, 11) is 0. The number of hydrogen-bond acceptors (Lipinski definition) is 6. The molecule has 0 bridgehead atoms. The first-order chi connectivity index (χ1) is 12.4. The molecule has 0 radical (unpaired) electrons. The molecule has 1 aromatic carbocycles. The molecule has 3 heterocycles. The Kier molecular flexibility index (Phi) is 4.90. The van der Waals surface area contributed by atoms with Gasteiger partial charge in [0.15, 0.2) is 0 Å². The van der Waals surface area contributed by atoms with Gasteiger partial charge in [0.05, 0.1) is 25.8 Å². The molecule has 0 aliphatic carbocycles. The fourth-order valence-corrected chi connectivity index (χ4v) is 3.65. The molecule has 0 amide bonds. The van der Waals surface area contributed by atoms with Gasteiger partial charge < -0.3 is 15.0 Å². The molecule has 0 unspecified atom stereocenters. The number of thiophene rings is 1. The molecule has 1 N–H and O–H groups in total. The summed E-state index contributed by atoms with van der Waals surface area (Å²) in [5.74, 6) is 1.59. The summed E-state index contributed by atoms with van der Waals surface area (Å²) in [4.78, 5) is 12.6. The van der Waals surface area contributed by atoms with E-state index in [1.54, 1.807) is 11.3 Å². The van der Waals surface area contributed by atoms with Crippen LogP contribution in [0.4, 0.5) is 11.8 Å². The highest BCUT2D eigenvalue weighted by Gasteiger charge is 2.25. The lowest BCUT2D eigenvalue weighted by molar-refractivity contribution is 0.0937. The van der Waals surface area contributed by atoms with Crippen LogP contribution in [-0.2, 0) is 11.3 Å². The number of rotatable bonds is 5. The minimum atomic E-state index is 0.176. The highest BCUT2D eigenvalue weighted by molar-refractivity contribution is 7.09. The molecule has 1 saturated heterocycles. The second-order valence-electron chi connectivity index (χ2n) is 5.87. The Balaban J connectivity index is 1.54. The predicted molar refractivity (Wildman–Crippen MR) is 101 cm³/mol. The van der Waals surface area contributed by atoms with Crippen LogP contribution >= 0.6 is 11.3 Å². The van der Waals surface area contributed by atoms with Crippen LogP contribution in [0.2, 0.25) is 0 Å². The fraction of sp³-hybridized carbons (Fsp3) is 0.263. The summed E-state index contributed by atoms with van der Waals surface area (Å²) in [6.45, 7) is 2.95. The molecule has 6 heteroatoms. The number of anilines is 2. The quantitative estimate of drug-likeness (QED) is 0.758. The summed E-state index contributed by atoms with van der Waals surface area (Å²) in [6, 6.07) is 16.8. The number of nitrogens with zero attached hydrogens (tertiary/aromatic N) is 3. The SMILES string of the molecule is c1ccc([C@H]2COCCN2c2ccnc(NCc3cccs3)n2)cc1. The molecule has 1 fully saturated rings. The van der Waals surface area contributed by atoms with Crippen molar-refractivity contribution in [3.05, 3.63) is 70.5 Å². The number of hydrogen-bond donors (Lipinski definition) is 1. The third kappa shape index (κ3) is 3.81. The zero-order valence-corrected chi connectivity index (χ0v) is 14.7. The van der Waals surface area contributed by atoms with Gasteiger partial charge in [0.2, 0.25) is 5.95 Å². The van der Waals surface area contributed by atoms with Gasteiger partial charge in [-0.05, 0) is 23.1 Å². The topological polar surface area (TPSA) is 50.3 Å². The number of aromatic nitrogens is 2. The first kappa shape index (κ1) is 16.1. The van der Waals surface area contributed by atoms with Crippen molar-refractivity contribution in [1.82, 2.24) is 9.97 Å². The van der Waals surface area contributed by atoms with Gasteiger partial charge in [-0.25, -0.2) is 4.98 Å². The van der Waals surface area contributed by atoms with E-state index >= 15 is 0 Å². The van der Waals surface area contributed by atoms with Crippen LogP contribution in [-0.4, -0.2) is 29.7 Å². The highest BCUT2D eigenvalue weighted by Crippen LogP contribution is 2.28. The van der Waals surface area contributed by atoms with E-state index in [-0.39, 0.29) is 6.04 Å². The minimum absolute atomic E-state index is 0.176. The van der Waals surface area contributed by atoms with E-state index in [0.29, 0.717) is 19.2 Å². The standard InChI is InChI=1S/C19H20N4OS/c1-2-5-15(6-3-1)17-14-24-11-10-23(17)18-8-9-20-19(22-18)21-13-16-7-4-12-25-16/h1-9,12,17H,10-11,13-14H2,(H,20,21,22)/t17-/m1/s1. The fourth-order valence-electron chi connectivity index (χ4n) is 3.00. The zero-order valence-electron chi connectivity index (χ0n) is 13.8. The lowest BCUT2D eigenvalue weighted by atomic mass is 10.1. The van der Waals surface area contributed by atoms with Crippen LogP contribution in [0.25, 0.3) is 0 Å². The second-order valence-corrected chi connectivity index (χ2v) is 6.90. The Morgan fingerprint density at radius 1 is 1.16 bits per heavy atom. The Hall–Kier alpha value is -2.44. The molecular formula is C19H20N4OS. The third-order valence-electron chi connectivity index (χ3n) is 4.25. The van der Waals surface area contributed by atoms with Gasteiger partial charge in [0.1, 0.15) is 5.82 Å². The van der Waals surface area contributed by atoms with Crippen molar-refractivity contribution in [3.8, 4) is 0 Å². The molecular weight excluding hydrogens is 332 g/mol. The van der Waals surface area contributed by atoms with Crippen LogP contribution in [0.15, 0.2) is 60.1 Å². The molecule has 2 aromatic heterocycles. The molecule has 1 atom stereocenters. The first-order valence-corrected chi connectivity index (χ1v) is 9.27. The summed E-state index contributed by atoms with van der Waals surface area (Å²) in [5, 5.41) is 5.39. The van der Waals surface area contributed by atoms with Gasteiger partial charge in [-0.3, -0.25) is 0 Å². The van der Waals surface area contributed by atoms with Crippen LogP contribution in [0.5, 0.6) is 0 Å². The van der Waals surface area contributed by atoms with Gasteiger partial charge in [-0.15, -0.1) is 11.3 Å². The molecule has 25 heavy (non-hydrogen) atoms. The van der Waals surface area contributed by atoms with Crippen LogP contribution in [0, 0.1) is 0 Å². The molecule has 0 saturated carbocycles. The van der Waals surface area contributed by atoms with Crippen molar-refractivity contribution in [2.45, 2.75) is 12.6 Å². The molecule has 1 aliphatic heterocycles. The maximum absolute atomic E-state index is 5.72. The number of morpholine rings is 1. The van der Waals surface area contributed by atoms with Crippen molar-refractivity contribution < 1.29 is 4.74 Å². The van der Waals surface area contributed by atoms with Crippen molar-refractivity contribution >= 4 is 23.1 Å². The lowest BCUT2D eigenvalue weighted by Crippen LogP contribution is -2.40. The Morgan fingerprint density at radius 3 is 2.92 bits per heavy atom. The predicted octanol–water partition coefficient (Wildman–Crippen LogP) is 3.73. The van der Waals surface area contributed by atoms with Gasteiger partial charge in [0.25, 0.3) is 0 Å². The van der Waals surface area contributed by atoms with Crippen LogP contribution in [0.1, 0.15) is 16.5 Å². The van der Waals surface area contributed by atoms with Crippen molar-refractivity contribution in [2.75, 3.05) is 30.0 Å². The number of nitrogens with one attached hydrogen (secondary N) is 1. The smallest absolute Gasteiger partial charge is 0.224 e. The normalized spacial score (nSPS) is 17.4. The summed E-state index contributed by atoms with van der Waals surface area (Å²) in [5.41, 5.74) is 1.24. The zero-order chi connectivity index (χ0) is 16.9. The molecule has 4 rings (SSSR count). The second kappa shape index (κ2) is 7.63. The van der Waals surface area contributed by atoms with Crippen molar-refractivity contribution in [3.63, 3.8) is 0 Å². The van der Waals surface area contributed by atoms with E-state index < -0.39 is 0 Å². The van der Waals surface area contributed by atoms with E-state index in [2.05, 4.69) is 57.0 Å². The highest BCUT2D eigenvalue weighted by atomic mass is 32.1. The Morgan fingerprint density at radius 2 is 2.08 bits per heavy atom. The third-order valence-corrected chi connectivity index (χ3v) is 5.13. The summed E-state index contributed by atoms with van der Waals surface area (Å²) in [6.07, 6.45) is 1.82. The Labute approximate surface area is 151 Å². The minimum Gasteiger partial charge on any atom is -0.377 e. The molecule has 1 aliphatic rings. The van der Waals surface area contributed by atoms with Crippen molar-refractivity contribution in [2.24, 2.45) is 0 Å². The van der Waals surface area contributed by atoms with Gasteiger partial charge in [-0.2, -0.15) is 4.98 Å². The van der Waals surface area contributed by atoms with E-state index in [1.807, 2.05) is 18.3 Å². The monoisotopic (exact) mass is 352 g/mol. The summed E-state index contributed by atoms with van der Waals surface area (Å²) >= 11 is 1.73. The van der Waals surface area contributed by atoms with Gasteiger partial charge >= 0.3 is 0 Å². The summed E-state index contributed by atoms with van der Waals surface area (Å²) < 4.78 is 5.72. The van der Waals surface area contributed by atoms with Gasteiger partial charge in [0, 0.05) is 17.6 Å². The van der Waals surface area contributed by atoms with E-state index in [0.717, 1.165) is 18.9 Å². The average Bonchev–Trinajstić information content (AvgIpc) is 3.21. The molecule has 3 aromatic rings. The van der Waals surface area contributed by atoms with Gasteiger partial charge in [-0.1, -0.05) is 36.4 Å². The maximum atomic E-state index is 5.72. The van der Waals surface area contributed by atoms with E-state index in [4.69, 9.17) is 9.72 Å². The number of benzene rings is 1. The van der Waals surface area contributed by atoms with Crippen LogP contribution < -0.4 is 10.2 Å². The largest absolute Gasteiger partial charge is 0.377 e. The number of ether oxygens (including phenoxy) is 1. The van der Waals surface area contributed by atoms with Crippen LogP contribution in [0.3, 0.4) is 0 Å². The molecule has 0 spiro atoms. The average molecular weight is 352 g/mol. The Bertz CT molecular complexity index is 794. The maximum Gasteiger partial charge on any atom is 0.224 e. The van der Waals surface area contributed by atoms with Crippen molar-refractivity contribution in [1.29, 1.82) is 0 Å².